The van der Waals surface area contributed by atoms with E-state index in [0.717, 1.165) is 11.1 Å². The fourth-order valence-corrected chi connectivity index (χ4v) is 3.27. The first-order valence-electron chi connectivity index (χ1n) is 9.51. The third kappa shape index (κ3) is 6.12. The number of amides is 2. The van der Waals surface area contributed by atoms with Crippen molar-refractivity contribution in [1.82, 2.24) is 4.90 Å². The average Bonchev–Trinajstić information content (AvgIpc) is 3.22. The number of benzene rings is 2. The van der Waals surface area contributed by atoms with E-state index in [4.69, 9.17) is 8.60 Å². The predicted octanol–water partition coefficient (Wildman–Crippen LogP) is 4.55. The SMILES string of the molecule is CCS(=O)(=O)Oc1cccc(CN(Cc2ccco2)C(=O)Nc2ccc(C)cc2)c1. The number of nitrogens with one attached hydrogen (secondary N) is 1. The summed E-state index contributed by atoms with van der Waals surface area (Å²) in [6.07, 6.45) is 1.55. The number of aryl methyl sites for hydroxylation is 1. The minimum absolute atomic E-state index is 0.124. The molecule has 0 aliphatic carbocycles. The number of hydrogen-bond acceptors (Lipinski definition) is 5. The molecule has 0 aliphatic heterocycles. The Morgan fingerprint density at radius 1 is 1.07 bits per heavy atom. The maximum Gasteiger partial charge on any atom is 0.322 e. The van der Waals surface area contributed by atoms with Crippen molar-refractivity contribution in [1.29, 1.82) is 0 Å². The minimum atomic E-state index is -3.63. The highest BCUT2D eigenvalue weighted by molar-refractivity contribution is 7.87. The van der Waals surface area contributed by atoms with Gasteiger partial charge in [0.05, 0.1) is 18.6 Å². The molecule has 158 valence electrons. The third-order valence-electron chi connectivity index (χ3n) is 4.37. The molecule has 0 saturated carbocycles. The van der Waals surface area contributed by atoms with Gasteiger partial charge in [-0.3, -0.25) is 0 Å². The van der Waals surface area contributed by atoms with Gasteiger partial charge in [0.2, 0.25) is 0 Å². The molecule has 0 radical (unpaired) electrons. The molecule has 3 aromatic rings. The van der Waals surface area contributed by atoms with Crippen LogP contribution < -0.4 is 9.50 Å². The molecule has 2 aromatic carbocycles. The fraction of sp³-hybridized carbons (Fsp3) is 0.227. The maximum absolute atomic E-state index is 12.9. The molecule has 0 saturated heterocycles. The first kappa shape index (κ1) is 21.4. The summed E-state index contributed by atoms with van der Waals surface area (Å²) in [4.78, 5) is 14.5. The Kier molecular flexibility index (Phi) is 6.79. The second-order valence-corrected chi connectivity index (χ2v) is 8.67. The van der Waals surface area contributed by atoms with Crippen LogP contribution in [0.2, 0.25) is 0 Å². The average molecular weight is 429 g/mol. The van der Waals surface area contributed by atoms with E-state index < -0.39 is 10.1 Å². The van der Waals surface area contributed by atoms with Crippen molar-refractivity contribution in [2.45, 2.75) is 26.9 Å². The topological polar surface area (TPSA) is 88.9 Å². The highest BCUT2D eigenvalue weighted by Crippen LogP contribution is 2.19. The molecule has 1 N–H and O–H groups in total. The van der Waals surface area contributed by atoms with Crippen LogP contribution >= 0.6 is 0 Å². The van der Waals surface area contributed by atoms with Crippen LogP contribution in [0.1, 0.15) is 23.8 Å². The van der Waals surface area contributed by atoms with Gasteiger partial charge in [-0.1, -0.05) is 29.8 Å². The molecular weight excluding hydrogens is 404 g/mol. The molecule has 0 fully saturated rings. The second kappa shape index (κ2) is 9.49. The van der Waals surface area contributed by atoms with E-state index in [9.17, 15) is 13.2 Å². The zero-order chi connectivity index (χ0) is 21.6. The molecule has 7 nitrogen and oxygen atoms in total. The highest BCUT2D eigenvalue weighted by atomic mass is 32.2. The summed E-state index contributed by atoms with van der Waals surface area (Å²) in [5.74, 6) is 0.724. The van der Waals surface area contributed by atoms with Crippen LogP contribution in [-0.4, -0.2) is 25.1 Å². The monoisotopic (exact) mass is 428 g/mol. The van der Waals surface area contributed by atoms with E-state index in [1.807, 2.05) is 31.2 Å². The van der Waals surface area contributed by atoms with Crippen LogP contribution in [0.5, 0.6) is 5.75 Å². The molecular formula is C22H24N2O5S. The van der Waals surface area contributed by atoms with Gasteiger partial charge in [-0.05, 0) is 55.8 Å². The summed E-state index contributed by atoms with van der Waals surface area (Å²) in [7, 11) is -3.63. The Labute approximate surface area is 176 Å². The van der Waals surface area contributed by atoms with Gasteiger partial charge < -0.3 is 18.8 Å². The smallest absolute Gasteiger partial charge is 0.322 e. The largest absolute Gasteiger partial charge is 0.467 e. The zero-order valence-corrected chi connectivity index (χ0v) is 17.7. The molecule has 30 heavy (non-hydrogen) atoms. The highest BCUT2D eigenvalue weighted by Gasteiger charge is 2.17. The Hall–Kier alpha value is -3.26. The summed E-state index contributed by atoms with van der Waals surface area (Å²) in [5, 5.41) is 2.88. The molecule has 8 heteroatoms. The summed E-state index contributed by atoms with van der Waals surface area (Å²) >= 11 is 0. The lowest BCUT2D eigenvalue weighted by molar-refractivity contribution is 0.201. The maximum atomic E-state index is 12.9. The Morgan fingerprint density at radius 3 is 2.50 bits per heavy atom. The number of carbonyl (C=O) groups excluding carboxylic acids is 1. The number of hydrogen-bond donors (Lipinski definition) is 1. The van der Waals surface area contributed by atoms with Crippen LogP contribution in [-0.2, 0) is 23.2 Å². The number of rotatable bonds is 8. The number of anilines is 1. The first-order valence-corrected chi connectivity index (χ1v) is 11.1. The fourth-order valence-electron chi connectivity index (χ4n) is 2.75. The van der Waals surface area contributed by atoms with E-state index in [1.54, 1.807) is 47.6 Å². The predicted molar refractivity (Wildman–Crippen MR) is 115 cm³/mol. The van der Waals surface area contributed by atoms with Crippen LogP contribution in [0.15, 0.2) is 71.3 Å². The Morgan fingerprint density at radius 2 is 1.83 bits per heavy atom. The molecule has 1 aromatic heterocycles. The summed E-state index contributed by atoms with van der Waals surface area (Å²) in [6, 6.07) is 17.4. The van der Waals surface area contributed by atoms with Crippen molar-refractivity contribution in [2.75, 3.05) is 11.1 Å². The standard InChI is InChI=1S/C22H24N2O5S/c1-3-30(26,27)29-20-7-4-6-18(14-20)15-24(16-21-8-5-13-28-21)22(25)23-19-11-9-17(2)10-12-19/h4-14H,3,15-16H2,1-2H3,(H,23,25). The molecule has 0 spiro atoms. The summed E-state index contributed by atoms with van der Waals surface area (Å²) < 4.78 is 34.0. The van der Waals surface area contributed by atoms with Gasteiger partial charge in [-0.2, -0.15) is 8.42 Å². The normalized spacial score (nSPS) is 11.1. The van der Waals surface area contributed by atoms with E-state index in [-0.39, 0.29) is 30.6 Å². The van der Waals surface area contributed by atoms with Gasteiger partial charge in [0.15, 0.2) is 0 Å². The van der Waals surface area contributed by atoms with E-state index in [0.29, 0.717) is 11.4 Å². The van der Waals surface area contributed by atoms with Crippen molar-refractivity contribution in [2.24, 2.45) is 0 Å². The van der Waals surface area contributed by atoms with Crippen molar-refractivity contribution in [3.63, 3.8) is 0 Å². The molecule has 0 atom stereocenters. The van der Waals surface area contributed by atoms with E-state index in [1.165, 1.54) is 6.92 Å². The van der Waals surface area contributed by atoms with Crippen LogP contribution in [0.25, 0.3) is 0 Å². The summed E-state index contributed by atoms with van der Waals surface area (Å²) in [5.41, 5.74) is 2.50. The van der Waals surface area contributed by atoms with Crippen LogP contribution in [0, 0.1) is 6.92 Å². The number of urea groups is 1. The van der Waals surface area contributed by atoms with Crippen molar-refractivity contribution in [3.05, 3.63) is 83.8 Å². The van der Waals surface area contributed by atoms with Gasteiger partial charge in [0, 0.05) is 12.2 Å². The lowest BCUT2D eigenvalue weighted by Gasteiger charge is -2.22. The molecule has 3 rings (SSSR count). The Bertz CT molecular complexity index is 1080. The number of furan rings is 1. The summed E-state index contributed by atoms with van der Waals surface area (Å²) in [6.45, 7) is 3.98. The van der Waals surface area contributed by atoms with E-state index >= 15 is 0 Å². The molecule has 0 aliphatic rings. The van der Waals surface area contributed by atoms with Crippen LogP contribution in [0.4, 0.5) is 10.5 Å². The minimum Gasteiger partial charge on any atom is -0.467 e. The molecule has 0 bridgehead atoms. The lowest BCUT2D eigenvalue weighted by atomic mass is 10.2. The zero-order valence-electron chi connectivity index (χ0n) is 16.9. The van der Waals surface area contributed by atoms with Gasteiger partial charge in [-0.15, -0.1) is 0 Å². The molecule has 1 heterocycles. The van der Waals surface area contributed by atoms with Crippen molar-refractivity contribution >= 4 is 21.8 Å². The van der Waals surface area contributed by atoms with Crippen LogP contribution in [0.3, 0.4) is 0 Å². The number of carbonyl (C=O) groups is 1. The molecule has 0 unspecified atom stereocenters. The van der Waals surface area contributed by atoms with Gasteiger partial charge in [0.25, 0.3) is 0 Å². The lowest BCUT2D eigenvalue weighted by Crippen LogP contribution is -2.34. The molecule has 2 amide bonds. The first-order chi connectivity index (χ1) is 14.3. The quantitative estimate of drug-likeness (QED) is 0.532. The van der Waals surface area contributed by atoms with Gasteiger partial charge >= 0.3 is 16.1 Å². The van der Waals surface area contributed by atoms with Crippen molar-refractivity contribution in [3.8, 4) is 5.75 Å². The van der Waals surface area contributed by atoms with E-state index in [2.05, 4.69) is 5.32 Å². The van der Waals surface area contributed by atoms with Gasteiger partial charge in [-0.25, -0.2) is 4.79 Å². The third-order valence-corrected chi connectivity index (χ3v) is 5.52. The second-order valence-electron chi connectivity index (χ2n) is 6.81. The van der Waals surface area contributed by atoms with Gasteiger partial charge in [0.1, 0.15) is 11.5 Å². The van der Waals surface area contributed by atoms with Crippen molar-refractivity contribution < 1.29 is 21.8 Å². The Balaban J connectivity index is 1.78. The number of nitrogens with zero attached hydrogens (tertiary/aromatic N) is 1.